The molecule has 1 atom stereocenters. The molecule has 1 unspecified atom stereocenters. The van der Waals surface area contributed by atoms with E-state index in [4.69, 9.17) is 11.6 Å². The molecule has 0 aliphatic carbocycles. The van der Waals surface area contributed by atoms with Gasteiger partial charge in [-0.25, -0.2) is 13.5 Å². The second-order valence-electron chi connectivity index (χ2n) is 6.14. The Morgan fingerprint density at radius 2 is 1.83 bits per heavy atom. The van der Waals surface area contributed by atoms with Gasteiger partial charge in [-0.15, -0.1) is 0 Å². The van der Waals surface area contributed by atoms with E-state index in [-0.39, 0.29) is 5.02 Å². The average Bonchev–Trinajstić information content (AvgIpc) is 3.09. The summed E-state index contributed by atoms with van der Waals surface area (Å²) in [6.45, 7) is 1.50. The molecular formula is C19H13ClF5N3O. The number of amides is 1. The van der Waals surface area contributed by atoms with Crippen molar-refractivity contribution in [3.63, 3.8) is 0 Å². The molecule has 4 nitrogen and oxygen atoms in total. The molecule has 0 saturated carbocycles. The van der Waals surface area contributed by atoms with E-state index < -0.39 is 46.7 Å². The van der Waals surface area contributed by atoms with E-state index >= 15 is 0 Å². The Hall–Kier alpha value is -2.94. The predicted octanol–water partition coefficient (Wildman–Crippen LogP) is 5.31. The number of nitrogens with one attached hydrogen (secondary N) is 1. The lowest BCUT2D eigenvalue weighted by atomic mass is 10.1. The van der Waals surface area contributed by atoms with Crippen LogP contribution in [0.4, 0.5) is 22.0 Å². The zero-order valence-corrected chi connectivity index (χ0v) is 15.5. The second-order valence-corrected chi connectivity index (χ2v) is 6.54. The summed E-state index contributed by atoms with van der Waals surface area (Å²) in [5.41, 5.74) is -2.25. The SMILES string of the molecule is CC(NC(=O)c1cnn(-c2ccccc2F)c1C(F)(F)F)c1ccc(F)c(Cl)c1. The molecule has 3 rings (SSSR count). The zero-order chi connectivity index (χ0) is 21.3. The summed E-state index contributed by atoms with van der Waals surface area (Å²) in [4.78, 5) is 12.5. The minimum absolute atomic E-state index is 0.188. The maximum Gasteiger partial charge on any atom is 0.434 e. The Morgan fingerprint density at radius 1 is 1.14 bits per heavy atom. The molecule has 29 heavy (non-hydrogen) atoms. The van der Waals surface area contributed by atoms with Gasteiger partial charge in [-0.3, -0.25) is 4.79 Å². The fourth-order valence-electron chi connectivity index (χ4n) is 2.73. The van der Waals surface area contributed by atoms with Crippen molar-refractivity contribution >= 4 is 17.5 Å². The molecule has 0 radical (unpaired) electrons. The third kappa shape index (κ3) is 4.24. The van der Waals surface area contributed by atoms with Gasteiger partial charge in [0, 0.05) is 0 Å². The maximum atomic E-state index is 14.0. The van der Waals surface area contributed by atoms with Crippen LogP contribution in [0, 0.1) is 11.6 Å². The van der Waals surface area contributed by atoms with Gasteiger partial charge >= 0.3 is 6.18 Å². The van der Waals surface area contributed by atoms with Gasteiger partial charge < -0.3 is 5.32 Å². The highest BCUT2D eigenvalue weighted by molar-refractivity contribution is 6.30. The number of rotatable bonds is 4. The summed E-state index contributed by atoms with van der Waals surface area (Å²) >= 11 is 5.70. The monoisotopic (exact) mass is 429 g/mol. The highest BCUT2D eigenvalue weighted by Gasteiger charge is 2.41. The number of nitrogens with zero attached hydrogens (tertiary/aromatic N) is 2. The van der Waals surface area contributed by atoms with Crippen LogP contribution >= 0.6 is 11.6 Å². The van der Waals surface area contributed by atoms with Crippen LogP contribution < -0.4 is 5.32 Å². The van der Waals surface area contributed by atoms with Crippen molar-refractivity contribution in [1.82, 2.24) is 15.1 Å². The topological polar surface area (TPSA) is 46.9 Å². The van der Waals surface area contributed by atoms with E-state index in [2.05, 4.69) is 10.4 Å². The van der Waals surface area contributed by atoms with Gasteiger partial charge in [-0.05, 0) is 36.8 Å². The average molecular weight is 430 g/mol. The highest BCUT2D eigenvalue weighted by Crippen LogP contribution is 2.34. The number of hydrogen-bond donors (Lipinski definition) is 1. The van der Waals surface area contributed by atoms with Crippen LogP contribution in [0.2, 0.25) is 5.02 Å². The highest BCUT2D eigenvalue weighted by atomic mass is 35.5. The summed E-state index contributed by atoms with van der Waals surface area (Å²) in [7, 11) is 0. The van der Waals surface area contributed by atoms with Gasteiger partial charge in [-0.1, -0.05) is 29.8 Å². The summed E-state index contributed by atoms with van der Waals surface area (Å²) in [6.07, 6.45) is -4.26. The summed E-state index contributed by atoms with van der Waals surface area (Å²) < 4.78 is 68.6. The van der Waals surface area contributed by atoms with Crippen LogP contribution in [-0.4, -0.2) is 15.7 Å². The van der Waals surface area contributed by atoms with Crippen LogP contribution in [0.3, 0.4) is 0 Å². The van der Waals surface area contributed by atoms with Crippen molar-refractivity contribution in [3.05, 3.63) is 82.1 Å². The Balaban J connectivity index is 1.97. The van der Waals surface area contributed by atoms with E-state index in [1.54, 1.807) is 0 Å². The largest absolute Gasteiger partial charge is 0.434 e. The van der Waals surface area contributed by atoms with Crippen LogP contribution in [0.1, 0.15) is 34.6 Å². The predicted molar refractivity (Wildman–Crippen MR) is 95.8 cm³/mol. The van der Waals surface area contributed by atoms with Crippen LogP contribution in [0.15, 0.2) is 48.7 Å². The van der Waals surface area contributed by atoms with Crippen LogP contribution in [-0.2, 0) is 6.18 Å². The van der Waals surface area contributed by atoms with Gasteiger partial charge in [0.25, 0.3) is 5.91 Å². The summed E-state index contributed by atoms with van der Waals surface area (Å²) in [5, 5.41) is 5.76. The van der Waals surface area contributed by atoms with Gasteiger partial charge in [0.15, 0.2) is 5.69 Å². The molecule has 3 aromatic rings. The smallest absolute Gasteiger partial charge is 0.345 e. The molecule has 0 bridgehead atoms. The molecule has 10 heteroatoms. The summed E-state index contributed by atoms with van der Waals surface area (Å²) in [6, 6.07) is 7.67. The van der Waals surface area contributed by atoms with Gasteiger partial charge in [-0.2, -0.15) is 18.3 Å². The molecular weight excluding hydrogens is 417 g/mol. The van der Waals surface area contributed by atoms with Crippen molar-refractivity contribution in [1.29, 1.82) is 0 Å². The van der Waals surface area contributed by atoms with Crippen LogP contribution in [0.5, 0.6) is 0 Å². The van der Waals surface area contributed by atoms with E-state index in [1.807, 2.05) is 0 Å². The molecule has 0 aliphatic rings. The van der Waals surface area contributed by atoms with E-state index in [0.29, 0.717) is 10.2 Å². The minimum atomic E-state index is -4.98. The summed E-state index contributed by atoms with van der Waals surface area (Å²) in [5.74, 6) is -2.67. The third-order valence-corrected chi connectivity index (χ3v) is 4.44. The normalized spacial score (nSPS) is 12.7. The molecule has 0 fully saturated rings. The molecule has 1 amide bonds. The fourth-order valence-corrected chi connectivity index (χ4v) is 2.92. The van der Waals surface area contributed by atoms with Crippen molar-refractivity contribution in [2.24, 2.45) is 0 Å². The maximum absolute atomic E-state index is 14.0. The number of carbonyl (C=O) groups is 1. The lowest BCUT2D eigenvalue weighted by molar-refractivity contribution is -0.143. The van der Waals surface area contributed by atoms with E-state index in [0.717, 1.165) is 24.4 Å². The lowest BCUT2D eigenvalue weighted by Crippen LogP contribution is -2.29. The molecule has 1 N–H and O–H groups in total. The Bertz CT molecular complexity index is 1060. The zero-order valence-electron chi connectivity index (χ0n) is 14.8. The first kappa shape index (κ1) is 20.8. The van der Waals surface area contributed by atoms with Gasteiger partial charge in [0.05, 0.1) is 22.8 Å². The lowest BCUT2D eigenvalue weighted by Gasteiger charge is -2.16. The fraction of sp³-hybridized carbons (Fsp3) is 0.158. The molecule has 2 aromatic carbocycles. The number of alkyl halides is 3. The first-order valence-corrected chi connectivity index (χ1v) is 8.63. The van der Waals surface area contributed by atoms with Crippen LogP contribution in [0.25, 0.3) is 5.69 Å². The van der Waals surface area contributed by atoms with Crippen molar-refractivity contribution < 1.29 is 26.7 Å². The Labute approximate surface area is 166 Å². The number of carbonyl (C=O) groups excluding carboxylic acids is 1. The van der Waals surface area contributed by atoms with Crippen molar-refractivity contribution in [3.8, 4) is 5.69 Å². The second kappa shape index (κ2) is 7.82. The van der Waals surface area contributed by atoms with E-state index in [9.17, 15) is 26.7 Å². The number of halogens is 6. The van der Waals surface area contributed by atoms with E-state index in [1.165, 1.54) is 31.2 Å². The van der Waals surface area contributed by atoms with Crippen molar-refractivity contribution in [2.45, 2.75) is 19.1 Å². The quantitative estimate of drug-likeness (QED) is 0.571. The molecule has 0 aliphatic heterocycles. The van der Waals surface area contributed by atoms with Gasteiger partial charge in [0.2, 0.25) is 0 Å². The minimum Gasteiger partial charge on any atom is -0.345 e. The Kier molecular flexibility index (Phi) is 5.61. The number of benzene rings is 2. The van der Waals surface area contributed by atoms with Gasteiger partial charge in [0.1, 0.15) is 17.3 Å². The number of aromatic nitrogens is 2. The molecule has 0 saturated heterocycles. The molecule has 1 heterocycles. The molecule has 1 aromatic heterocycles. The molecule has 152 valence electrons. The van der Waals surface area contributed by atoms with Crippen molar-refractivity contribution in [2.75, 3.05) is 0 Å². The number of para-hydroxylation sites is 1. The first-order valence-electron chi connectivity index (χ1n) is 8.25. The Morgan fingerprint density at radius 3 is 2.45 bits per heavy atom. The third-order valence-electron chi connectivity index (χ3n) is 4.15. The number of hydrogen-bond acceptors (Lipinski definition) is 2. The first-order chi connectivity index (χ1) is 13.6. The molecule has 0 spiro atoms. The standard InChI is InChI=1S/C19H13ClF5N3O/c1-10(11-6-7-14(21)13(20)8-11)27-18(29)12-9-26-28(17(12)19(23,24)25)16-5-3-2-4-15(16)22/h2-10H,1H3,(H,27,29).